The summed E-state index contributed by atoms with van der Waals surface area (Å²) in [7, 11) is -3.88. The lowest BCUT2D eigenvalue weighted by atomic mass is 9.99. The maximum atomic E-state index is 12.2. The highest BCUT2D eigenvalue weighted by Gasteiger charge is 2.24. The third-order valence-corrected chi connectivity index (χ3v) is 9.28. The van der Waals surface area contributed by atoms with E-state index in [1.807, 2.05) is 4.72 Å². The molecule has 12 heteroatoms. The standard InChI is InChI=1S/C27H28N6O3S3/c1-17-4-9-22(18(2)14-17)23-15-38-26-24(23)25(28-16-29-26)32-10-12-33(13-11-32)27(37)30-20-5-7-21(8-6-20)39(35,36)31-19(3)34/h4-9,14-16H,10-13H2,1-3H3,(H,30,37)(H,31,34). The number of sulfonamides is 1. The molecule has 202 valence electrons. The second kappa shape index (κ2) is 10.9. The minimum absolute atomic E-state index is 0.00702. The largest absolute Gasteiger partial charge is 0.352 e. The Balaban J connectivity index is 1.28. The van der Waals surface area contributed by atoms with E-state index in [1.54, 1.807) is 29.8 Å². The van der Waals surface area contributed by atoms with Crippen LogP contribution in [0.25, 0.3) is 21.3 Å². The van der Waals surface area contributed by atoms with Gasteiger partial charge in [-0.05, 0) is 61.5 Å². The first kappa shape index (κ1) is 27.0. The Labute approximate surface area is 236 Å². The minimum atomic E-state index is -3.88. The van der Waals surface area contributed by atoms with Gasteiger partial charge in [-0.3, -0.25) is 4.79 Å². The monoisotopic (exact) mass is 580 g/mol. The van der Waals surface area contributed by atoms with Crippen LogP contribution in [0.5, 0.6) is 0 Å². The molecule has 0 spiro atoms. The number of aryl methyl sites for hydroxylation is 2. The van der Waals surface area contributed by atoms with Gasteiger partial charge in [0.15, 0.2) is 5.11 Å². The second-order valence-electron chi connectivity index (χ2n) is 9.44. The van der Waals surface area contributed by atoms with E-state index >= 15 is 0 Å². The van der Waals surface area contributed by atoms with E-state index in [2.05, 4.69) is 57.5 Å². The van der Waals surface area contributed by atoms with Crippen LogP contribution in [0.3, 0.4) is 0 Å². The summed E-state index contributed by atoms with van der Waals surface area (Å²) in [5.41, 5.74) is 5.48. The van der Waals surface area contributed by atoms with Crippen molar-refractivity contribution in [1.29, 1.82) is 0 Å². The number of fused-ring (bicyclic) bond motifs is 1. The van der Waals surface area contributed by atoms with Crippen LogP contribution in [0.2, 0.25) is 0 Å². The summed E-state index contributed by atoms with van der Waals surface area (Å²) in [6.45, 7) is 8.28. The van der Waals surface area contributed by atoms with Crippen LogP contribution >= 0.6 is 23.6 Å². The topological polar surface area (TPSA) is 108 Å². The average Bonchev–Trinajstić information content (AvgIpc) is 3.32. The van der Waals surface area contributed by atoms with Gasteiger partial charge in [-0.1, -0.05) is 23.8 Å². The lowest BCUT2D eigenvalue weighted by molar-refractivity contribution is -0.117. The van der Waals surface area contributed by atoms with Crippen molar-refractivity contribution in [3.8, 4) is 11.1 Å². The van der Waals surface area contributed by atoms with Crippen LogP contribution < -0.4 is 14.9 Å². The van der Waals surface area contributed by atoms with Gasteiger partial charge in [-0.25, -0.2) is 23.1 Å². The number of hydrogen-bond donors (Lipinski definition) is 2. The molecule has 0 bridgehead atoms. The van der Waals surface area contributed by atoms with E-state index in [0.717, 1.165) is 41.6 Å². The van der Waals surface area contributed by atoms with Crippen molar-refractivity contribution < 1.29 is 13.2 Å². The first-order valence-electron chi connectivity index (χ1n) is 12.4. The van der Waals surface area contributed by atoms with Gasteiger partial charge in [-0.2, -0.15) is 0 Å². The Morgan fingerprint density at radius 3 is 2.38 bits per heavy atom. The lowest BCUT2D eigenvalue weighted by Gasteiger charge is -2.37. The SMILES string of the molecule is CC(=O)NS(=O)(=O)c1ccc(NC(=S)N2CCN(c3ncnc4scc(-c5ccc(C)cc5C)c34)CC2)cc1. The molecule has 1 fully saturated rings. The normalized spacial score (nSPS) is 13.9. The number of thiocarbonyl (C=S) groups is 1. The summed E-state index contributed by atoms with van der Waals surface area (Å²) < 4.78 is 26.3. The number of nitrogens with one attached hydrogen (secondary N) is 2. The molecule has 5 rings (SSSR count). The molecule has 9 nitrogen and oxygen atoms in total. The molecule has 0 atom stereocenters. The molecule has 0 saturated carbocycles. The smallest absolute Gasteiger partial charge is 0.264 e. The number of nitrogens with zero attached hydrogens (tertiary/aromatic N) is 4. The fourth-order valence-corrected chi connectivity index (χ4v) is 6.90. The number of carbonyl (C=O) groups is 1. The number of aromatic nitrogens is 2. The number of carbonyl (C=O) groups excluding carboxylic acids is 1. The average molecular weight is 581 g/mol. The van der Waals surface area contributed by atoms with E-state index in [9.17, 15) is 13.2 Å². The highest BCUT2D eigenvalue weighted by Crippen LogP contribution is 2.39. The zero-order valence-electron chi connectivity index (χ0n) is 21.8. The van der Waals surface area contributed by atoms with Crippen LogP contribution in [0.4, 0.5) is 11.5 Å². The fourth-order valence-electron chi connectivity index (χ4n) is 4.70. The molecule has 0 aliphatic carbocycles. The Morgan fingerprint density at radius 2 is 1.72 bits per heavy atom. The molecular formula is C27H28N6O3S3. The van der Waals surface area contributed by atoms with Gasteiger partial charge in [-0.15, -0.1) is 11.3 Å². The maximum absolute atomic E-state index is 12.2. The zero-order valence-corrected chi connectivity index (χ0v) is 24.2. The number of anilines is 2. The molecule has 1 saturated heterocycles. The number of piperazine rings is 1. The number of thiophene rings is 1. The van der Waals surface area contributed by atoms with Crippen molar-refractivity contribution in [2.75, 3.05) is 36.4 Å². The number of rotatable bonds is 5. The fraction of sp³-hybridized carbons (Fsp3) is 0.259. The first-order chi connectivity index (χ1) is 18.6. The molecule has 0 unspecified atom stereocenters. The molecule has 1 amide bonds. The highest BCUT2D eigenvalue weighted by atomic mass is 32.2. The van der Waals surface area contributed by atoms with Gasteiger partial charge in [0.2, 0.25) is 5.91 Å². The second-order valence-corrected chi connectivity index (χ2v) is 12.4. The van der Waals surface area contributed by atoms with Gasteiger partial charge in [0.25, 0.3) is 10.0 Å². The quantitative estimate of drug-likeness (QED) is 0.334. The van der Waals surface area contributed by atoms with Crippen molar-refractivity contribution in [2.45, 2.75) is 25.7 Å². The van der Waals surface area contributed by atoms with Crippen LogP contribution in [-0.4, -0.2) is 60.5 Å². The van der Waals surface area contributed by atoms with Crippen molar-refractivity contribution in [1.82, 2.24) is 19.6 Å². The molecule has 2 aromatic heterocycles. The van der Waals surface area contributed by atoms with E-state index in [1.165, 1.54) is 28.8 Å². The number of benzene rings is 2. The third kappa shape index (κ3) is 5.72. The minimum Gasteiger partial charge on any atom is -0.352 e. The van der Waals surface area contributed by atoms with Crippen molar-refractivity contribution >= 4 is 66.3 Å². The number of amides is 1. The van der Waals surface area contributed by atoms with E-state index in [0.29, 0.717) is 23.9 Å². The summed E-state index contributed by atoms with van der Waals surface area (Å²) in [5.74, 6) is 0.298. The molecule has 1 aliphatic heterocycles. The van der Waals surface area contributed by atoms with E-state index < -0.39 is 15.9 Å². The van der Waals surface area contributed by atoms with Gasteiger partial charge in [0.1, 0.15) is 17.0 Å². The maximum Gasteiger partial charge on any atom is 0.264 e. The lowest BCUT2D eigenvalue weighted by Crippen LogP contribution is -2.50. The summed E-state index contributed by atoms with van der Waals surface area (Å²) >= 11 is 7.28. The van der Waals surface area contributed by atoms with Gasteiger partial charge in [0.05, 0.1) is 10.3 Å². The molecule has 0 radical (unpaired) electrons. The van der Waals surface area contributed by atoms with Crippen LogP contribution in [0.15, 0.2) is 59.1 Å². The summed E-state index contributed by atoms with van der Waals surface area (Å²) in [4.78, 5) is 25.7. The summed E-state index contributed by atoms with van der Waals surface area (Å²) in [5, 5.41) is 7.00. The van der Waals surface area contributed by atoms with E-state index in [4.69, 9.17) is 17.2 Å². The predicted octanol–water partition coefficient (Wildman–Crippen LogP) is 4.32. The van der Waals surface area contributed by atoms with Crippen LogP contribution in [0.1, 0.15) is 18.1 Å². The highest BCUT2D eigenvalue weighted by molar-refractivity contribution is 7.90. The van der Waals surface area contributed by atoms with E-state index in [-0.39, 0.29) is 4.90 Å². The van der Waals surface area contributed by atoms with Gasteiger partial charge in [0, 0.05) is 49.7 Å². The van der Waals surface area contributed by atoms with Crippen molar-refractivity contribution in [3.63, 3.8) is 0 Å². The molecule has 39 heavy (non-hydrogen) atoms. The van der Waals surface area contributed by atoms with Gasteiger partial charge < -0.3 is 15.1 Å². The Kier molecular flexibility index (Phi) is 7.52. The predicted molar refractivity (Wildman–Crippen MR) is 160 cm³/mol. The van der Waals surface area contributed by atoms with Crippen molar-refractivity contribution in [3.05, 3.63) is 65.3 Å². The first-order valence-corrected chi connectivity index (χ1v) is 15.1. The van der Waals surface area contributed by atoms with Crippen LogP contribution in [0, 0.1) is 13.8 Å². The Bertz CT molecular complexity index is 1660. The van der Waals surface area contributed by atoms with Gasteiger partial charge >= 0.3 is 0 Å². The summed E-state index contributed by atoms with van der Waals surface area (Å²) in [6, 6.07) is 12.6. The molecule has 2 aromatic carbocycles. The molecule has 1 aliphatic rings. The molecular weight excluding hydrogens is 553 g/mol. The Morgan fingerprint density at radius 1 is 1.00 bits per heavy atom. The van der Waals surface area contributed by atoms with Crippen LogP contribution in [-0.2, 0) is 14.8 Å². The molecule has 2 N–H and O–H groups in total. The third-order valence-electron chi connectivity index (χ3n) is 6.58. The molecule has 4 aromatic rings. The Hall–Kier alpha value is -3.61. The summed E-state index contributed by atoms with van der Waals surface area (Å²) in [6.07, 6.45) is 1.63. The van der Waals surface area contributed by atoms with Crippen molar-refractivity contribution in [2.24, 2.45) is 0 Å². The zero-order chi connectivity index (χ0) is 27.7. The molecule has 3 heterocycles. The number of hydrogen-bond acceptors (Lipinski definition) is 8.